The van der Waals surface area contributed by atoms with Crippen molar-refractivity contribution in [2.24, 2.45) is 0 Å². The number of amides is 1. The highest BCUT2D eigenvalue weighted by molar-refractivity contribution is 5.76. The summed E-state index contributed by atoms with van der Waals surface area (Å²) in [4.78, 5) is 12.4. The van der Waals surface area contributed by atoms with E-state index in [1.807, 2.05) is 6.08 Å². The second-order valence-electron chi connectivity index (χ2n) is 16.5. The molecule has 4 nitrogen and oxygen atoms in total. The third-order valence-corrected chi connectivity index (χ3v) is 11.3. The highest BCUT2D eigenvalue weighted by Gasteiger charge is 2.18. The van der Waals surface area contributed by atoms with E-state index in [1.54, 1.807) is 6.08 Å². The Bertz CT molecular complexity index is 710. The molecule has 2 atom stereocenters. The number of hydrogen-bond donors (Lipinski definition) is 3. The zero-order valence-corrected chi connectivity index (χ0v) is 35.6. The van der Waals surface area contributed by atoms with Gasteiger partial charge in [0.15, 0.2) is 0 Å². The molecule has 0 radical (unpaired) electrons. The number of aliphatic hydroxyl groups is 2. The lowest BCUT2D eigenvalue weighted by molar-refractivity contribution is -0.123. The van der Waals surface area contributed by atoms with E-state index in [-0.39, 0.29) is 12.5 Å². The summed E-state index contributed by atoms with van der Waals surface area (Å²) in [5.41, 5.74) is 0. The van der Waals surface area contributed by atoms with Crippen molar-refractivity contribution in [3.8, 4) is 0 Å². The van der Waals surface area contributed by atoms with Gasteiger partial charge < -0.3 is 15.5 Å². The predicted octanol–water partition coefficient (Wildman–Crippen LogP) is 15.0. The molecular weight excluding hydrogens is 639 g/mol. The van der Waals surface area contributed by atoms with Crippen molar-refractivity contribution in [2.45, 2.75) is 283 Å². The van der Waals surface area contributed by atoms with Crippen LogP contribution in [-0.4, -0.2) is 34.9 Å². The van der Waals surface area contributed by atoms with Gasteiger partial charge >= 0.3 is 0 Å². The van der Waals surface area contributed by atoms with E-state index in [4.69, 9.17) is 0 Å². The SMILES string of the molecule is CCCCCCCCCCCCCC/C=C/C(O)C(CO)NC(=O)CCCCCCCCCCCCCCCCCCCCCCCCCCCC. The van der Waals surface area contributed by atoms with Gasteiger partial charge in [-0.3, -0.25) is 4.79 Å². The zero-order chi connectivity index (χ0) is 37.8. The van der Waals surface area contributed by atoms with E-state index in [2.05, 4.69) is 19.2 Å². The quantitative estimate of drug-likeness (QED) is 0.0431. The topological polar surface area (TPSA) is 69.6 Å². The van der Waals surface area contributed by atoms with Gasteiger partial charge in [0.1, 0.15) is 0 Å². The molecule has 2 unspecified atom stereocenters. The molecule has 0 aliphatic carbocycles. The lowest BCUT2D eigenvalue weighted by atomic mass is 10.0. The maximum Gasteiger partial charge on any atom is 0.220 e. The number of nitrogens with one attached hydrogen (secondary N) is 1. The van der Waals surface area contributed by atoms with Gasteiger partial charge in [0.2, 0.25) is 5.91 Å². The Kier molecular flexibility index (Phi) is 43.8. The maximum atomic E-state index is 12.4. The highest BCUT2D eigenvalue weighted by atomic mass is 16.3. The molecule has 0 aliphatic heterocycles. The van der Waals surface area contributed by atoms with Crippen molar-refractivity contribution in [1.29, 1.82) is 0 Å². The van der Waals surface area contributed by atoms with Crippen LogP contribution in [0.15, 0.2) is 12.2 Å². The van der Waals surface area contributed by atoms with E-state index >= 15 is 0 Å². The van der Waals surface area contributed by atoms with Crippen LogP contribution in [0.3, 0.4) is 0 Å². The summed E-state index contributed by atoms with van der Waals surface area (Å²) in [5, 5.41) is 23.0. The van der Waals surface area contributed by atoms with Gasteiger partial charge in [-0.1, -0.05) is 257 Å². The Labute approximate surface area is 327 Å². The Hall–Kier alpha value is -0.870. The third-order valence-electron chi connectivity index (χ3n) is 11.3. The van der Waals surface area contributed by atoms with Crippen LogP contribution in [0.4, 0.5) is 0 Å². The van der Waals surface area contributed by atoms with Crippen LogP contribution >= 0.6 is 0 Å². The summed E-state index contributed by atoms with van der Waals surface area (Å²) in [5.74, 6) is -0.0585. The molecular formula is C48H95NO3. The molecule has 0 aromatic heterocycles. The first-order chi connectivity index (χ1) is 25.7. The fourth-order valence-corrected chi connectivity index (χ4v) is 7.59. The number of carbonyl (C=O) groups excluding carboxylic acids is 1. The van der Waals surface area contributed by atoms with Crippen molar-refractivity contribution >= 4 is 5.91 Å². The van der Waals surface area contributed by atoms with Gasteiger partial charge in [0, 0.05) is 6.42 Å². The molecule has 0 spiro atoms. The number of rotatable bonds is 44. The molecule has 0 saturated carbocycles. The third kappa shape index (κ3) is 40.3. The molecule has 0 rings (SSSR count). The lowest BCUT2D eigenvalue weighted by Crippen LogP contribution is -2.45. The minimum Gasteiger partial charge on any atom is -0.394 e. The van der Waals surface area contributed by atoms with Gasteiger partial charge in [-0.05, 0) is 19.3 Å². The molecule has 3 N–H and O–H groups in total. The second kappa shape index (κ2) is 44.5. The van der Waals surface area contributed by atoms with Gasteiger partial charge in [0.05, 0.1) is 18.8 Å². The van der Waals surface area contributed by atoms with Gasteiger partial charge in [0.25, 0.3) is 0 Å². The molecule has 0 saturated heterocycles. The standard InChI is InChI=1S/C48H95NO3/c1-3-5-7-9-11-13-15-17-19-20-21-22-23-24-25-26-27-28-29-30-32-34-36-38-40-42-44-48(52)49-46(45-50)47(51)43-41-39-37-35-33-31-18-16-14-12-10-8-6-4-2/h41,43,46-47,50-51H,3-40,42,44-45H2,1-2H3,(H,49,52)/b43-41+. The van der Waals surface area contributed by atoms with Crippen molar-refractivity contribution in [1.82, 2.24) is 5.32 Å². The Morgan fingerprint density at radius 1 is 0.442 bits per heavy atom. The van der Waals surface area contributed by atoms with Crippen molar-refractivity contribution in [3.63, 3.8) is 0 Å². The maximum absolute atomic E-state index is 12.4. The summed E-state index contributed by atoms with van der Waals surface area (Å²) >= 11 is 0. The van der Waals surface area contributed by atoms with Crippen LogP contribution in [0.5, 0.6) is 0 Å². The Balaban J connectivity index is 3.45. The largest absolute Gasteiger partial charge is 0.394 e. The van der Waals surface area contributed by atoms with Crippen LogP contribution in [0.25, 0.3) is 0 Å². The fourth-order valence-electron chi connectivity index (χ4n) is 7.59. The molecule has 0 bridgehead atoms. The first kappa shape index (κ1) is 51.1. The minimum atomic E-state index is -0.833. The minimum absolute atomic E-state index is 0.0585. The van der Waals surface area contributed by atoms with Crippen molar-refractivity contribution < 1.29 is 15.0 Å². The Morgan fingerprint density at radius 3 is 1.00 bits per heavy atom. The summed E-state index contributed by atoms with van der Waals surface area (Å²) in [6, 6.07) is -0.616. The molecule has 0 aliphatic rings. The Morgan fingerprint density at radius 2 is 0.712 bits per heavy atom. The highest BCUT2D eigenvalue weighted by Crippen LogP contribution is 2.17. The monoisotopic (exact) mass is 734 g/mol. The van der Waals surface area contributed by atoms with E-state index in [9.17, 15) is 15.0 Å². The lowest BCUT2D eigenvalue weighted by Gasteiger charge is -2.20. The number of carbonyl (C=O) groups is 1. The molecule has 0 heterocycles. The fraction of sp³-hybridized carbons (Fsp3) is 0.938. The van der Waals surface area contributed by atoms with Crippen molar-refractivity contribution in [2.75, 3.05) is 6.61 Å². The first-order valence-electron chi connectivity index (χ1n) is 23.9. The summed E-state index contributed by atoms with van der Waals surface area (Å²) in [6.45, 7) is 4.33. The summed E-state index contributed by atoms with van der Waals surface area (Å²) < 4.78 is 0. The average molecular weight is 734 g/mol. The van der Waals surface area contributed by atoms with E-state index in [0.29, 0.717) is 6.42 Å². The van der Waals surface area contributed by atoms with E-state index in [1.165, 1.54) is 225 Å². The van der Waals surface area contributed by atoms with Crippen LogP contribution < -0.4 is 5.32 Å². The molecule has 1 amide bonds. The van der Waals surface area contributed by atoms with E-state index in [0.717, 1.165) is 25.7 Å². The number of allylic oxidation sites excluding steroid dienone is 1. The van der Waals surface area contributed by atoms with Gasteiger partial charge in [-0.25, -0.2) is 0 Å². The van der Waals surface area contributed by atoms with E-state index < -0.39 is 12.1 Å². The van der Waals surface area contributed by atoms with Gasteiger partial charge in [-0.15, -0.1) is 0 Å². The molecule has 4 heteroatoms. The smallest absolute Gasteiger partial charge is 0.220 e. The summed E-state index contributed by atoms with van der Waals surface area (Å²) in [7, 11) is 0. The van der Waals surface area contributed by atoms with Crippen LogP contribution in [0, 0.1) is 0 Å². The summed E-state index contributed by atoms with van der Waals surface area (Å²) in [6.07, 6.45) is 56.3. The first-order valence-corrected chi connectivity index (χ1v) is 23.9. The molecule has 310 valence electrons. The molecule has 52 heavy (non-hydrogen) atoms. The molecule has 0 fully saturated rings. The average Bonchev–Trinajstić information content (AvgIpc) is 3.15. The van der Waals surface area contributed by atoms with Crippen molar-refractivity contribution in [3.05, 3.63) is 12.2 Å². The number of hydrogen-bond acceptors (Lipinski definition) is 3. The molecule has 0 aromatic carbocycles. The van der Waals surface area contributed by atoms with Gasteiger partial charge in [-0.2, -0.15) is 0 Å². The second-order valence-corrected chi connectivity index (χ2v) is 16.5. The van der Waals surface area contributed by atoms with Crippen LogP contribution in [0.1, 0.15) is 271 Å². The van der Waals surface area contributed by atoms with Crippen LogP contribution in [0.2, 0.25) is 0 Å². The number of unbranched alkanes of at least 4 members (excludes halogenated alkanes) is 37. The number of aliphatic hydroxyl groups excluding tert-OH is 2. The van der Waals surface area contributed by atoms with Crippen LogP contribution in [-0.2, 0) is 4.79 Å². The predicted molar refractivity (Wildman–Crippen MR) is 230 cm³/mol. The zero-order valence-electron chi connectivity index (χ0n) is 35.6. The normalized spacial score (nSPS) is 12.9. The molecule has 0 aromatic rings.